The number of likely N-dealkylation sites (N-methyl/N-ethyl adjacent to an activating group) is 1. The zero-order valence-electron chi connectivity index (χ0n) is 14.6. The molecule has 3 heterocycles. The summed E-state index contributed by atoms with van der Waals surface area (Å²) < 4.78 is 21.6. The van der Waals surface area contributed by atoms with E-state index in [0.717, 1.165) is 31.9 Å². The third kappa shape index (κ3) is 2.44. The average molecular weight is 361 g/mol. The third-order valence-corrected chi connectivity index (χ3v) is 5.25. The quantitative estimate of drug-likeness (QED) is 0.878. The van der Waals surface area contributed by atoms with Crippen molar-refractivity contribution in [2.75, 3.05) is 38.1 Å². The van der Waals surface area contributed by atoms with E-state index in [-0.39, 0.29) is 10.9 Å². The molecule has 138 valence electrons. The number of aromatic nitrogens is 1. The van der Waals surface area contributed by atoms with E-state index in [1.165, 1.54) is 10.8 Å². The Balaban J connectivity index is 1.97. The zero-order chi connectivity index (χ0) is 18.6. The Labute approximate surface area is 149 Å². The van der Waals surface area contributed by atoms with Crippen LogP contribution in [0.3, 0.4) is 0 Å². The first-order valence-corrected chi connectivity index (χ1v) is 8.58. The van der Waals surface area contributed by atoms with Crippen LogP contribution in [-0.4, -0.2) is 60.1 Å². The van der Waals surface area contributed by atoms with Gasteiger partial charge < -0.3 is 24.2 Å². The van der Waals surface area contributed by atoms with Gasteiger partial charge in [0.2, 0.25) is 5.43 Å². The van der Waals surface area contributed by atoms with Gasteiger partial charge in [-0.05, 0) is 26.1 Å². The minimum absolute atomic E-state index is 0.233. The molecule has 0 aliphatic carbocycles. The molecule has 4 rings (SSSR count). The fourth-order valence-corrected chi connectivity index (χ4v) is 3.63. The molecular formula is C18H20FN3O4. The molecule has 1 fully saturated rings. The first kappa shape index (κ1) is 16.8. The van der Waals surface area contributed by atoms with Crippen molar-refractivity contribution in [3.63, 3.8) is 0 Å². The molecule has 2 aliphatic heterocycles. The second kappa shape index (κ2) is 5.98. The van der Waals surface area contributed by atoms with E-state index in [1.807, 2.05) is 7.05 Å². The highest BCUT2D eigenvalue weighted by Gasteiger charge is 2.33. The van der Waals surface area contributed by atoms with Crippen molar-refractivity contribution in [1.29, 1.82) is 0 Å². The second-order valence-corrected chi connectivity index (χ2v) is 6.89. The van der Waals surface area contributed by atoms with Crippen molar-refractivity contribution < 1.29 is 19.0 Å². The number of hydrogen-bond donors (Lipinski definition) is 1. The molecular weight excluding hydrogens is 341 g/mol. The van der Waals surface area contributed by atoms with Crippen molar-refractivity contribution in [3.05, 3.63) is 34.1 Å². The van der Waals surface area contributed by atoms with Crippen LogP contribution < -0.4 is 15.1 Å². The van der Waals surface area contributed by atoms with Gasteiger partial charge in [0.1, 0.15) is 5.56 Å². The summed E-state index contributed by atoms with van der Waals surface area (Å²) in [4.78, 5) is 28.3. The first-order chi connectivity index (χ1) is 12.4. The van der Waals surface area contributed by atoms with Gasteiger partial charge in [0.25, 0.3) is 6.36 Å². The fraction of sp³-hybridized carbons (Fsp3) is 0.444. The molecule has 1 N–H and O–H groups in total. The van der Waals surface area contributed by atoms with Gasteiger partial charge >= 0.3 is 5.97 Å². The number of aromatic carboxylic acids is 1. The Morgan fingerprint density at radius 3 is 2.62 bits per heavy atom. The molecule has 2 aliphatic rings. The highest BCUT2D eigenvalue weighted by atomic mass is 19.1. The Kier molecular flexibility index (Phi) is 3.87. The van der Waals surface area contributed by atoms with Crippen LogP contribution in [0.5, 0.6) is 5.75 Å². The summed E-state index contributed by atoms with van der Waals surface area (Å²) in [5, 5.41) is 9.55. The molecule has 0 bridgehead atoms. The summed E-state index contributed by atoms with van der Waals surface area (Å²) in [5.74, 6) is -1.01. The lowest BCUT2D eigenvalue weighted by molar-refractivity contribution is 0.0169. The summed E-state index contributed by atoms with van der Waals surface area (Å²) in [6.07, 6.45) is -0.396. The summed E-state index contributed by atoms with van der Waals surface area (Å²) in [6, 6.07) is 2.61. The molecule has 0 saturated carbocycles. The van der Waals surface area contributed by atoms with Crippen molar-refractivity contribution in [3.8, 4) is 5.75 Å². The van der Waals surface area contributed by atoms with Gasteiger partial charge in [-0.3, -0.25) is 4.79 Å². The number of carboxylic acid groups (broad SMARTS) is 1. The van der Waals surface area contributed by atoms with Crippen LogP contribution in [-0.2, 0) is 0 Å². The lowest BCUT2D eigenvalue weighted by atomic mass is 10.1. The van der Waals surface area contributed by atoms with Crippen LogP contribution >= 0.6 is 0 Å². The second-order valence-electron chi connectivity index (χ2n) is 6.89. The highest BCUT2D eigenvalue weighted by Crippen LogP contribution is 2.42. The SMILES string of the molecule is CC1C(F)Oc2c(N3CCN(C)CC3)ccc3c(=O)c(C(=O)O)cn1c23. The van der Waals surface area contributed by atoms with Crippen molar-refractivity contribution in [2.45, 2.75) is 19.3 Å². The van der Waals surface area contributed by atoms with E-state index in [9.17, 15) is 19.1 Å². The van der Waals surface area contributed by atoms with Crippen LogP contribution in [0.1, 0.15) is 23.3 Å². The number of alkyl halides is 1. The average Bonchev–Trinajstić information content (AvgIpc) is 2.61. The van der Waals surface area contributed by atoms with Gasteiger partial charge in [0.05, 0.1) is 22.6 Å². The normalized spacial score (nSPS) is 23.1. The molecule has 2 aromatic rings. The maximum absolute atomic E-state index is 14.5. The number of nitrogens with zero attached hydrogens (tertiary/aromatic N) is 3. The minimum atomic E-state index is -1.62. The van der Waals surface area contributed by atoms with Gasteiger partial charge in [0, 0.05) is 32.4 Å². The van der Waals surface area contributed by atoms with Gasteiger partial charge in [0.15, 0.2) is 5.75 Å². The van der Waals surface area contributed by atoms with E-state index in [0.29, 0.717) is 11.3 Å². The molecule has 1 saturated heterocycles. The first-order valence-electron chi connectivity index (χ1n) is 8.58. The summed E-state index contributed by atoms with van der Waals surface area (Å²) >= 11 is 0. The fourth-order valence-electron chi connectivity index (χ4n) is 3.63. The molecule has 26 heavy (non-hydrogen) atoms. The predicted molar refractivity (Wildman–Crippen MR) is 95.1 cm³/mol. The van der Waals surface area contributed by atoms with Crippen LogP contribution in [0.15, 0.2) is 23.1 Å². The Morgan fingerprint density at radius 1 is 1.27 bits per heavy atom. The van der Waals surface area contributed by atoms with E-state index in [1.54, 1.807) is 19.1 Å². The molecule has 1 aromatic carbocycles. The lowest BCUT2D eigenvalue weighted by Crippen LogP contribution is -2.45. The zero-order valence-corrected chi connectivity index (χ0v) is 14.6. The number of hydrogen-bond acceptors (Lipinski definition) is 5. The van der Waals surface area contributed by atoms with Crippen molar-refractivity contribution >= 4 is 22.6 Å². The number of halogens is 1. The number of carbonyl (C=O) groups is 1. The van der Waals surface area contributed by atoms with Gasteiger partial charge in [-0.2, -0.15) is 4.39 Å². The summed E-state index contributed by atoms with van der Waals surface area (Å²) in [6.45, 7) is 4.88. The largest absolute Gasteiger partial charge is 0.477 e. The maximum atomic E-state index is 14.5. The van der Waals surface area contributed by atoms with Gasteiger partial charge in [-0.25, -0.2) is 4.79 Å². The Hall–Kier alpha value is -2.61. The molecule has 1 aromatic heterocycles. The van der Waals surface area contributed by atoms with Crippen LogP contribution in [0.4, 0.5) is 10.1 Å². The monoisotopic (exact) mass is 361 g/mol. The van der Waals surface area contributed by atoms with Crippen LogP contribution in [0.25, 0.3) is 10.9 Å². The highest BCUT2D eigenvalue weighted by molar-refractivity contribution is 5.97. The van der Waals surface area contributed by atoms with Crippen molar-refractivity contribution in [1.82, 2.24) is 9.47 Å². The third-order valence-electron chi connectivity index (χ3n) is 5.25. The van der Waals surface area contributed by atoms with Crippen LogP contribution in [0.2, 0.25) is 0 Å². The summed E-state index contributed by atoms with van der Waals surface area (Å²) in [7, 11) is 2.04. The Morgan fingerprint density at radius 2 is 1.96 bits per heavy atom. The van der Waals surface area contributed by atoms with Gasteiger partial charge in [-0.15, -0.1) is 0 Å². The Bertz CT molecular complexity index is 950. The number of piperazine rings is 1. The minimum Gasteiger partial charge on any atom is -0.477 e. The number of pyridine rings is 1. The molecule has 7 nitrogen and oxygen atoms in total. The molecule has 8 heteroatoms. The van der Waals surface area contributed by atoms with Crippen LogP contribution in [0, 0.1) is 0 Å². The van der Waals surface area contributed by atoms with Crippen molar-refractivity contribution in [2.24, 2.45) is 0 Å². The van der Waals surface area contributed by atoms with E-state index in [4.69, 9.17) is 4.74 Å². The number of carboxylic acids is 1. The number of benzene rings is 1. The lowest BCUT2D eigenvalue weighted by Gasteiger charge is -2.37. The number of ether oxygens (including phenoxy) is 1. The topological polar surface area (TPSA) is 75.0 Å². The molecule has 2 atom stereocenters. The van der Waals surface area contributed by atoms with Gasteiger partial charge in [-0.1, -0.05) is 0 Å². The van der Waals surface area contributed by atoms with E-state index < -0.39 is 23.8 Å². The maximum Gasteiger partial charge on any atom is 0.341 e. The predicted octanol–water partition coefficient (Wildman–Crippen LogP) is 1.70. The van der Waals surface area contributed by atoms with E-state index >= 15 is 0 Å². The van der Waals surface area contributed by atoms with E-state index in [2.05, 4.69) is 9.80 Å². The molecule has 2 unspecified atom stereocenters. The molecule has 0 spiro atoms. The molecule has 0 amide bonds. The molecule has 0 radical (unpaired) electrons. The number of rotatable bonds is 2. The number of anilines is 1. The summed E-state index contributed by atoms with van der Waals surface area (Å²) in [5.41, 5.74) is 0.244. The standard InChI is InChI=1S/C18H20FN3O4/c1-10-17(19)26-16-13(21-7-5-20(2)6-8-21)4-3-11-14(16)22(10)9-12(15(11)23)18(24)25/h3-4,9-10,17H,5-8H2,1-2H3,(H,24,25). The smallest absolute Gasteiger partial charge is 0.341 e.